The summed E-state index contributed by atoms with van der Waals surface area (Å²) in [5.41, 5.74) is 2.43. The number of carbonyl (C=O) groups is 2. The van der Waals surface area contributed by atoms with Crippen molar-refractivity contribution in [3.05, 3.63) is 64.7 Å². The van der Waals surface area contributed by atoms with Gasteiger partial charge < -0.3 is 15.4 Å². The summed E-state index contributed by atoms with van der Waals surface area (Å²) in [5.74, 6) is 0.122. The first-order valence-corrected chi connectivity index (χ1v) is 10.3. The molecule has 32 heavy (non-hydrogen) atoms. The van der Waals surface area contributed by atoms with Gasteiger partial charge in [-0.15, -0.1) is 0 Å². The van der Waals surface area contributed by atoms with Gasteiger partial charge in [0, 0.05) is 32.2 Å². The smallest absolute Gasteiger partial charge is 0.387 e. The highest BCUT2D eigenvalue weighted by Gasteiger charge is 2.34. The lowest BCUT2D eigenvalue weighted by molar-refractivity contribution is -0.0504. The molecule has 2 N–H and O–H groups in total. The number of guanidine groups is 1. The molecular formula is C23H26F2N4O3. The van der Waals surface area contributed by atoms with E-state index in [1.165, 1.54) is 11.0 Å². The molecule has 0 saturated heterocycles. The first kappa shape index (κ1) is 23.2. The van der Waals surface area contributed by atoms with Crippen molar-refractivity contribution >= 4 is 17.8 Å². The van der Waals surface area contributed by atoms with E-state index in [0.29, 0.717) is 48.6 Å². The van der Waals surface area contributed by atoms with Crippen molar-refractivity contribution in [1.29, 1.82) is 0 Å². The lowest BCUT2D eigenvalue weighted by atomic mass is 10.1. The summed E-state index contributed by atoms with van der Waals surface area (Å²) in [4.78, 5) is 30.1. The molecule has 1 aliphatic heterocycles. The van der Waals surface area contributed by atoms with E-state index in [1.807, 2.05) is 6.92 Å². The Morgan fingerprint density at radius 3 is 2.38 bits per heavy atom. The highest BCUT2D eigenvalue weighted by atomic mass is 19.3. The van der Waals surface area contributed by atoms with Crippen molar-refractivity contribution in [2.75, 3.05) is 20.1 Å². The second kappa shape index (κ2) is 10.7. The second-order valence-electron chi connectivity index (χ2n) is 7.36. The third-order valence-corrected chi connectivity index (χ3v) is 5.08. The quantitative estimate of drug-likeness (QED) is 0.268. The minimum atomic E-state index is -2.89. The number of rotatable bonds is 9. The number of aryl methyl sites for hydroxylation is 1. The normalized spacial score (nSPS) is 13.5. The largest absolute Gasteiger partial charge is 0.434 e. The maximum Gasteiger partial charge on any atom is 0.387 e. The molecule has 0 spiro atoms. The number of carbonyl (C=O) groups excluding carboxylic acids is 2. The van der Waals surface area contributed by atoms with Gasteiger partial charge in [-0.05, 0) is 38.0 Å². The number of ether oxygens (including phenoxy) is 1. The maximum absolute atomic E-state index is 12.6. The van der Waals surface area contributed by atoms with Crippen LogP contribution in [-0.4, -0.2) is 49.4 Å². The van der Waals surface area contributed by atoms with Gasteiger partial charge in [0.05, 0.1) is 11.1 Å². The molecule has 9 heteroatoms. The van der Waals surface area contributed by atoms with Gasteiger partial charge in [-0.1, -0.05) is 29.8 Å². The molecule has 1 heterocycles. The molecule has 0 bridgehead atoms. The molecule has 7 nitrogen and oxygen atoms in total. The van der Waals surface area contributed by atoms with Crippen LogP contribution in [0.15, 0.2) is 47.5 Å². The summed E-state index contributed by atoms with van der Waals surface area (Å²) >= 11 is 0. The minimum absolute atomic E-state index is 0.120. The molecule has 2 aromatic rings. The van der Waals surface area contributed by atoms with Crippen LogP contribution in [0.3, 0.4) is 0 Å². The SMILES string of the molecule is CN=C(NCCCCN1C(=O)c2ccccc2C1=O)NCc1cc(C)ccc1OC(F)F. The number of imide groups is 1. The van der Waals surface area contributed by atoms with Crippen LogP contribution in [-0.2, 0) is 6.54 Å². The monoisotopic (exact) mass is 444 g/mol. The zero-order valence-corrected chi connectivity index (χ0v) is 18.0. The highest BCUT2D eigenvalue weighted by Crippen LogP contribution is 2.23. The molecule has 0 fully saturated rings. The van der Waals surface area contributed by atoms with Crippen LogP contribution >= 0.6 is 0 Å². The number of aliphatic imine (C=N–C) groups is 1. The number of hydrogen-bond acceptors (Lipinski definition) is 4. The highest BCUT2D eigenvalue weighted by molar-refractivity contribution is 6.21. The molecule has 0 atom stereocenters. The number of halogens is 2. The fourth-order valence-electron chi connectivity index (χ4n) is 3.50. The molecule has 3 rings (SSSR count). The predicted molar refractivity (Wildman–Crippen MR) is 117 cm³/mol. The maximum atomic E-state index is 12.6. The van der Waals surface area contributed by atoms with E-state index in [9.17, 15) is 18.4 Å². The van der Waals surface area contributed by atoms with E-state index in [-0.39, 0.29) is 24.1 Å². The van der Waals surface area contributed by atoms with Crippen molar-refractivity contribution in [2.45, 2.75) is 32.9 Å². The van der Waals surface area contributed by atoms with Crippen LogP contribution in [0.25, 0.3) is 0 Å². The van der Waals surface area contributed by atoms with Crippen LogP contribution in [0.1, 0.15) is 44.7 Å². The molecule has 0 aliphatic carbocycles. The summed E-state index contributed by atoms with van der Waals surface area (Å²) in [6.07, 6.45) is 1.35. The number of fused-ring (bicyclic) bond motifs is 1. The van der Waals surface area contributed by atoms with E-state index >= 15 is 0 Å². The number of alkyl halides is 2. The molecule has 2 amide bonds. The summed E-state index contributed by atoms with van der Waals surface area (Å²) in [6, 6.07) is 11.8. The van der Waals surface area contributed by atoms with Gasteiger partial charge in [0.25, 0.3) is 11.8 Å². The fraction of sp³-hybridized carbons (Fsp3) is 0.348. The lowest BCUT2D eigenvalue weighted by Crippen LogP contribution is -2.37. The van der Waals surface area contributed by atoms with Crippen LogP contribution < -0.4 is 15.4 Å². The van der Waals surface area contributed by atoms with Crippen LogP contribution in [0, 0.1) is 6.92 Å². The Morgan fingerprint density at radius 2 is 1.75 bits per heavy atom. The zero-order chi connectivity index (χ0) is 23.1. The Bertz CT molecular complexity index is 975. The molecule has 2 aromatic carbocycles. The van der Waals surface area contributed by atoms with Gasteiger partial charge in [-0.2, -0.15) is 8.78 Å². The molecule has 0 radical (unpaired) electrons. The van der Waals surface area contributed by atoms with Crippen LogP contribution in [0.2, 0.25) is 0 Å². The summed E-state index contributed by atoms with van der Waals surface area (Å²) in [7, 11) is 1.61. The number of nitrogens with one attached hydrogen (secondary N) is 2. The van der Waals surface area contributed by atoms with E-state index in [2.05, 4.69) is 20.4 Å². The van der Waals surface area contributed by atoms with E-state index in [0.717, 1.165) is 5.56 Å². The Labute approximate surface area is 185 Å². The number of nitrogens with zero attached hydrogens (tertiary/aromatic N) is 2. The Hall–Kier alpha value is -3.49. The standard InChI is InChI=1S/C23H26F2N4O3/c1-15-9-10-19(32-22(24)25)16(13-15)14-28-23(26-2)27-11-5-6-12-29-20(30)17-7-3-4-8-18(17)21(29)31/h3-4,7-10,13,22H,5-6,11-12,14H2,1-2H3,(H2,26,27,28). The molecule has 170 valence electrons. The topological polar surface area (TPSA) is 83.0 Å². The van der Waals surface area contributed by atoms with Crippen molar-refractivity contribution < 1.29 is 23.1 Å². The number of hydrogen-bond donors (Lipinski definition) is 2. The minimum Gasteiger partial charge on any atom is -0.434 e. The van der Waals surface area contributed by atoms with Gasteiger partial charge in [0.2, 0.25) is 0 Å². The summed E-state index contributed by atoms with van der Waals surface area (Å²) in [5, 5.41) is 6.22. The third kappa shape index (κ3) is 5.60. The van der Waals surface area contributed by atoms with Gasteiger partial charge >= 0.3 is 6.61 Å². The Balaban J connectivity index is 1.43. The molecule has 0 aromatic heterocycles. The van der Waals surface area contributed by atoms with E-state index < -0.39 is 6.61 Å². The number of amides is 2. The second-order valence-corrected chi connectivity index (χ2v) is 7.36. The lowest BCUT2D eigenvalue weighted by Gasteiger charge is -2.16. The molecule has 0 saturated carbocycles. The molecule has 1 aliphatic rings. The average Bonchev–Trinajstić information content (AvgIpc) is 3.02. The Kier molecular flexibility index (Phi) is 7.75. The molecule has 0 unspecified atom stereocenters. The number of benzene rings is 2. The first-order chi connectivity index (χ1) is 15.4. The fourth-order valence-corrected chi connectivity index (χ4v) is 3.50. The zero-order valence-electron chi connectivity index (χ0n) is 18.0. The van der Waals surface area contributed by atoms with E-state index in [1.54, 1.807) is 43.4 Å². The summed E-state index contributed by atoms with van der Waals surface area (Å²) < 4.78 is 29.8. The third-order valence-electron chi connectivity index (χ3n) is 5.08. The van der Waals surface area contributed by atoms with Crippen molar-refractivity contribution in [1.82, 2.24) is 15.5 Å². The first-order valence-electron chi connectivity index (χ1n) is 10.3. The number of unbranched alkanes of at least 4 members (excludes halogenated alkanes) is 1. The van der Waals surface area contributed by atoms with E-state index in [4.69, 9.17) is 0 Å². The van der Waals surface area contributed by atoms with Gasteiger partial charge in [-0.3, -0.25) is 19.5 Å². The van der Waals surface area contributed by atoms with Crippen molar-refractivity contribution in [3.8, 4) is 5.75 Å². The predicted octanol–water partition coefficient (Wildman–Crippen LogP) is 3.34. The Morgan fingerprint density at radius 1 is 1.06 bits per heavy atom. The summed E-state index contributed by atoms with van der Waals surface area (Å²) in [6.45, 7) is 0.153. The average molecular weight is 444 g/mol. The van der Waals surface area contributed by atoms with Gasteiger partial charge in [-0.25, -0.2) is 0 Å². The van der Waals surface area contributed by atoms with Gasteiger partial charge in [0.1, 0.15) is 5.75 Å². The molecular weight excluding hydrogens is 418 g/mol. The van der Waals surface area contributed by atoms with Crippen LogP contribution in [0.4, 0.5) is 8.78 Å². The van der Waals surface area contributed by atoms with Crippen molar-refractivity contribution in [3.63, 3.8) is 0 Å². The van der Waals surface area contributed by atoms with Crippen molar-refractivity contribution in [2.24, 2.45) is 4.99 Å². The van der Waals surface area contributed by atoms with Crippen LogP contribution in [0.5, 0.6) is 5.75 Å². The van der Waals surface area contributed by atoms with Gasteiger partial charge in [0.15, 0.2) is 5.96 Å².